The molecule has 36 heavy (non-hydrogen) atoms. The number of aromatic amines is 1. The Morgan fingerprint density at radius 2 is 1.92 bits per heavy atom. The van der Waals surface area contributed by atoms with E-state index in [4.69, 9.17) is 14.6 Å². The van der Waals surface area contributed by atoms with E-state index in [0.29, 0.717) is 29.0 Å². The van der Waals surface area contributed by atoms with Gasteiger partial charge in [0, 0.05) is 29.9 Å². The van der Waals surface area contributed by atoms with Gasteiger partial charge in [0.15, 0.2) is 0 Å². The van der Waals surface area contributed by atoms with Gasteiger partial charge in [0.1, 0.15) is 22.7 Å². The molecule has 0 saturated heterocycles. The van der Waals surface area contributed by atoms with Crippen molar-refractivity contribution in [3.8, 4) is 11.5 Å². The highest BCUT2D eigenvalue weighted by Gasteiger charge is 2.42. The van der Waals surface area contributed by atoms with Gasteiger partial charge in [-0.2, -0.15) is 0 Å². The van der Waals surface area contributed by atoms with Crippen molar-refractivity contribution >= 4 is 23.3 Å². The van der Waals surface area contributed by atoms with E-state index in [-0.39, 0.29) is 24.7 Å². The second-order valence-electron chi connectivity index (χ2n) is 7.77. The summed E-state index contributed by atoms with van der Waals surface area (Å²) >= 11 is 0. The van der Waals surface area contributed by atoms with E-state index in [2.05, 4.69) is 20.0 Å². The number of hydrogen-bond donors (Lipinski definition) is 3. The van der Waals surface area contributed by atoms with Gasteiger partial charge in [-0.05, 0) is 53.4 Å². The molecule has 0 radical (unpaired) electrons. The minimum Gasteiger partial charge on any atom is -0.491 e. The van der Waals surface area contributed by atoms with Crippen molar-refractivity contribution in [3.05, 3.63) is 89.9 Å². The molecule has 1 atom stereocenters. The molecule has 11 heteroatoms. The molecule has 0 spiro atoms. The third kappa shape index (κ3) is 5.09. The molecule has 1 aliphatic rings. The van der Waals surface area contributed by atoms with Gasteiger partial charge < -0.3 is 24.9 Å². The first-order chi connectivity index (χ1) is 17.3. The smallest absolute Gasteiger partial charge is 0.491 e. The zero-order valence-electron chi connectivity index (χ0n) is 18.6. The quantitative estimate of drug-likeness (QED) is 0.353. The van der Waals surface area contributed by atoms with Gasteiger partial charge in [-0.1, -0.05) is 18.2 Å². The molecule has 0 aliphatic carbocycles. The monoisotopic (exact) mass is 499 g/mol. The van der Waals surface area contributed by atoms with Crippen LogP contribution in [-0.4, -0.2) is 40.4 Å². The lowest BCUT2D eigenvalue weighted by atomic mass is 9.81. The Morgan fingerprint density at radius 3 is 2.64 bits per heavy atom. The van der Waals surface area contributed by atoms with Crippen LogP contribution < -0.4 is 14.8 Å². The van der Waals surface area contributed by atoms with Gasteiger partial charge >= 0.3 is 6.36 Å². The fourth-order valence-electron chi connectivity index (χ4n) is 4.13. The van der Waals surface area contributed by atoms with Gasteiger partial charge in [0.05, 0.1) is 6.61 Å². The summed E-state index contributed by atoms with van der Waals surface area (Å²) in [7, 11) is 0. The topological polar surface area (TPSA) is 114 Å². The third-order valence-electron chi connectivity index (χ3n) is 5.63. The summed E-state index contributed by atoms with van der Waals surface area (Å²) < 4.78 is 47.6. The van der Waals surface area contributed by atoms with Gasteiger partial charge in [-0.3, -0.25) is 14.6 Å². The number of aromatic nitrogens is 2. The average Bonchev–Trinajstić information content (AvgIpc) is 3.32. The van der Waals surface area contributed by atoms with E-state index in [1.165, 1.54) is 24.3 Å². The SMILES string of the molecule is O=C(N[C@]1(c2ccc(OC(F)(F)F)cc2)CCOc2cccnc21)c1ccc2cc[nH]c2c1.O=CO. The zero-order valence-corrected chi connectivity index (χ0v) is 18.6. The number of carbonyl (C=O) groups is 2. The number of nitrogens with one attached hydrogen (secondary N) is 2. The number of fused-ring (bicyclic) bond motifs is 2. The number of pyridine rings is 1. The molecule has 2 aromatic heterocycles. The van der Waals surface area contributed by atoms with Gasteiger partial charge in [0.2, 0.25) is 0 Å². The lowest BCUT2D eigenvalue weighted by Gasteiger charge is -2.39. The summed E-state index contributed by atoms with van der Waals surface area (Å²) in [5.41, 5.74) is 1.19. The number of benzene rings is 2. The highest BCUT2D eigenvalue weighted by atomic mass is 19.4. The first kappa shape index (κ1) is 24.6. The van der Waals surface area contributed by atoms with Crippen LogP contribution in [0.3, 0.4) is 0 Å². The van der Waals surface area contributed by atoms with Crippen LogP contribution >= 0.6 is 0 Å². The minimum absolute atomic E-state index is 0.250. The molecule has 1 amide bonds. The number of halogens is 3. The summed E-state index contributed by atoms with van der Waals surface area (Å²) in [6, 6.07) is 16.1. The maximum absolute atomic E-state index is 13.4. The van der Waals surface area contributed by atoms with Crippen molar-refractivity contribution in [2.24, 2.45) is 0 Å². The van der Waals surface area contributed by atoms with E-state index in [1.807, 2.05) is 12.1 Å². The summed E-state index contributed by atoms with van der Waals surface area (Å²) in [5, 5.41) is 10.9. The van der Waals surface area contributed by atoms with Crippen molar-refractivity contribution < 1.29 is 37.3 Å². The Bertz CT molecular complexity index is 1370. The number of H-pyrrole nitrogens is 1. The number of carboxylic acid groups (broad SMARTS) is 1. The molecule has 0 unspecified atom stereocenters. The molecule has 1 aliphatic heterocycles. The highest BCUT2D eigenvalue weighted by molar-refractivity contribution is 5.98. The number of amides is 1. The van der Waals surface area contributed by atoms with Crippen LogP contribution in [-0.2, 0) is 10.3 Å². The fourth-order valence-corrected chi connectivity index (χ4v) is 4.13. The number of hydrogen-bond acceptors (Lipinski definition) is 5. The van der Waals surface area contributed by atoms with Crippen molar-refractivity contribution in [2.45, 2.75) is 18.3 Å². The lowest BCUT2D eigenvalue weighted by molar-refractivity contribution is -0.274. The summed E-state index contributed by atoms with van der Waals surface area (Å²) in [4.78, 5) is 29.3. The molecule has 5 rings (SSSR count). The maximum Gasteiger partial charge on any atom is 0.573 e. The maximum atomic E-state index is 13.4. The summed E-state index contributed by atoms with van der Waals surface area (Å²) in [6.45, 7) is 0.0371. The van der Waals surface area contributed by atoms with Gasteiger partial charge in [-0.25, -0.2) is 0 Å². The van der Waals surface area contributed by atoms with Crippen LogP contribution in [0.4, 0.5) is 13.2 Å². The number of nitrogens with zero attached hydrogens (tertiary/aromatic N) is 1. The van der Waals surface area contributed by atoms with E-state index < -0.39 is 11.9 Å². The molecule has 2 aromatic carbocycles. The molecule has 3 heterocycles. The van der Waals surface area contributed by atoms with Crippen LogP contribution in [0, 0.1) is 0 Å². The third-order valence-corrected chi connectivity index (χ3v) is 5.63. The van der Waals surface area contributed by atoms with Crippen molar-refractivity contribution in [2.75, 3.05) is 6.61 Å². The Kier molecular flexibility index (Phi) is 6.82. The Balaban J connectivity index is 0.000000967. The molecule has 186 valence electrons. The number of carbonyl (C=O) groups excluding carboxylic acids is 1. The lowest BCUT2D eigenvalue weighted by Crippen LogP contribution is -2.50. The number of alkyl halides is 3. The van der Waals surface area contributed by atoms with E-state index in [1.54, 1.807) is 36.7 Å². The van der Waals surface area contributed by atoms with Crippen molar-refractivity contribution in [1.82, 2.24) is 15.3 Å². The largest absolute Gasteiger partial charge is 0.573 e. The van der Waals surface area contributed by atoms with E-state index >= 15 is 0 Å². The Labute approximate surface area is 202 Å². The Hall–Kier alpha value is -4.54. The second kappa shape index (κ2) is 9.98. The summed E-state index contributed by atoms with van der Waals surface area (Å²) in [5.74, 6) is -0.196. The van der Waals surface area contributed by atoms with Crippen LogP contribution in [0.2, 0.25) is 0 Å². The van der Waals surface area contributed by atoms with Crippen LogP contribution in [0.1, 0.15) is 28.0 Å². The van der Waals surface area contributed by atoms with Crippen molar-refractivity contribution in [1.29, 1.82) is 0 Å². The molecule has 4 aromatic rings. The molecular formula is C25H20F3N3O5. The predicted molar refractivity (Wildman–Crippen MR) is 123 cm³/mol. The van der Waals surface area contributed by atoms with Crippen LogP contribution in [0.25, 0.3) is 10.9 Å². The number of rotatable bonds is 4. The van der Waals surface area contributed by atoms with Crippen molar-refractivity contribution in [3.63, 3.8) is 0 Å². The zero-order chi connectivity index (χ0) is 25.8. The molecule has 3 N–H and O–H groups in total. The minimum atomic E-state index is -4.79. The second-order valence-corrected chi connectivity index (χ2v) is 7.77. The summed E-state index contributed by atoms with van der Waals surface area (Å²) in [6.07, 6.45) is -1.08. The molecule has 8 nitrogen and oxygen atoms in total. The van der Waals surface area contributed by atoms with Gasteiger partial charge in [-0.15, -0.1) is 13.2 Å². The van der Waals surface area contributed by atoms with E-state index in [9.17, 15) is 18.0 Å². The highest BCUT2D eigenvalue weighted by Crippen LogP contribution is 2.41. The number of ether oxygens (including phenoxy) is 2. The molecule has 0 fully saturated rings. The Morgan fingerprint density at radius 1 is 1.17 bits per heavy atom. The van der Waals surface area contributed by atoms with Gasteiger partial charge in [0.25, 0.3) is 12.4 Å². The van der Waals surface area contributed by atoms with Crippen LogP contribution in [0.5, 0.6) is 11.5 Å². The van der Waals surface area contributed by atoms with Crippen LogP contribution in [0.15, 0.2) is 73.1 Å². The molecular weight excluding hydrogens is 479 g/mol. The molecule has 0 saturated carbocycles. The first-order valence-electron chi connectivity index (χ1n) is 10.7. The predicted octanol–water partition coefficient (Wildman–Crippen LogP) is 4.62. The first-order valence-corrected chi connectivity index (χ1v) is 10.7. The normalized spacial score (nSPS) is 16.6. The standard InChI is InChI=1S/C24H18F3N3O3.CH2O2/c25-24(26,27)33-18-7-5-17(6-8-18)23(10-13-32-20-2-1-11-29-21(20)23)30-22(31)16-4-3-15-9-12-28-19(15)14-16;2-1-3/h1-9,11-12,14,28H,10,13H2,(H,30,31);1H,(H,2,3)/t23-;/m0./s1. The van der Waals surface area contributed by atoms with E-state index in [0.717, 1.165) is 10.9 Å². The molecule has 0 bridgehead atoms. The average molecular weight is 499 g/mol. The fraction of sp³-hybridized carbons (Fsp3) is 0.160.